The second-order valence-electron chi connectivity index (χ2n) is 13.0. The van der Waals surface area contributed by atoms with Crippen molar-refractivity contribution in [3.05, 3.63) is 22.7 Å². The Morgan fingerprint density at radius 1 is 1.09 bits per heavy atom. The lowest BCUT2D eigenvalue weighted by atomic mass is 9.98. The van der Waals surface area contributed by atoms with E-state index in [-0.39, 0.29) is 5.82 Å². The highest BCUT2D eigenvalue weighted by Crippen LogP contribution is 2.44. The summed E-state index contributed by atoms with van der Waals surface area (Å²) in [5, 5.41) is 5.54. The molecule has 1 saturated heterocycles. The number of nitrogens with zero attached hydrogens (tertiary/aromatic N) is 2. The van der Waals surface area contributed by atoms with E-state index in [1.165, 1.54) is 19.9 Å². The van der Waals surface area contributed by atoms with E-state index >= 15 is 8.78 Å². The molecule has 1 aromatic rings. The highest BCUT2D eigenvalue weighted by atomic mass is 19.3. The monoisotopic (exact) mass is 644 g/mol. The van der Waals surface area contributed by atoms with Gasteiger partial charge in [0.15, 0.2) is 6.10 Å². The summed E-state index contributed by atoms with van der Waals surface area (Å²) >= 11 is 0. The maximum atomic E-state index is 15.9. The van der Waals surface area contributed by atoms with Crippen LogP contribution in [-0.2, 0) is 28.5 Å². The van der Waals surface area contributed by atoms with E-state index < -0.39 is 78.2 Å². The number of esters is 2. The molecule has 0 aromatic carbocycles. The Morgan fingerprint density at radius 3 is 2.22 bits per heavy atom. The van der Waals surface area contributed by atoms with Gasteiger partial charge in [-0.3, -0.25) is 9.36 Å². The number of anilines is 1. The van der Waals surface area contributed by atoms with E-state index in [1.807, 2.05) is 0 Å². The van der Waals surface area contributed by atoms with Gasteiger partial charge in [-0.15, -0.1) is 0 Å². The van der Waals surface area contributed by atoms with Crippen LogP contribution < -0.4 is 16.3 Å². The Kier molecular flexibility index (Phi) is 13.7. The van der Waals surface area contributed by atoms with Gasteiger partial charge in [0.2, 0.25) is 6.23 Å². The van der Waals surface area contributed by atoms with E-state index in [0.29, 0.717) is 17.0 Å². The number of carbonyl (C=O) groups is 3. The summed E-state index contributed by atoms with van der Waals surface area (Å²) in [4.78, 5) is 54.5. The van der Waals surface area contributed by atoms with Gasteiger partial charge in [-0.2, -0.15) is 13.8 Å². The van der Waals surface area contributed by atoms with Gasteiger partial charge in [0.25, 0.3) is 0 Å². The van der Waals surface area contributed by atoms with E-state index in [2.05, 4.69) is 29.5 Å². The molecule has 4 atom stereocenters. The van der Waals surface area contributed by atoms with Crippen LogP contribution in [-0.4, -0.2) is 70.5 Å². The molecule has 0 unspecified atom stereocenters. The number of aromatic nitrogens is 2. The van der Waals surface area contributed by atoms with Gasteiger partial charge < -0.3 is 29.6 Å². The first-order valence-electron chi connectivity index (χ1n) is 15.6. The second-order valence-corrected chi connectivity index (χ2v) is 13.0. The van der Waals surface area contributed by atoms with Crippen LogP contribution >= 0.6 is 0 Å². The van der Waals surface area contributed by atoms with Crippen molar-refractivity contribution in [3.63, 3.8) is 0 Å². The van der Waals surface area contributed by atoms with Gasteiger partial charge in [-0.05, 0) is 51.5 Å². The molecule has 0 bridgehead atoms. The third-order valence-electron chi connectivity index (χ3n) is 7.10. The predicted molar refractivity (Wildman–Crippen MR) is 163 cm³/mol. The molecule has 0 saturated carbocycles. The standard InChI is InChI=1S/C31H50F2N4O8/c1-10-12-20(13-11-2)16-34-22-14-15-37(28(40)35-22)27-31(32,33)24(44-25(38)19(5)6)21(43-27)17-42-26(39)23(18(3)4)36-29(41)45-30(7,8)9/h14-15,18-21,23-24,27H,10-13,16-17H2,1-9H3,(H,36,41)(H,34,35,40)/t21-,23-,24-,27-/m1/s1. The Hall–Kier alpha value is -3.29. The van der Waals surface area contributed by atoms with Crippen LogP contribution in [0.2, 0.25) is 0 Å². The molecule has 1 aliphatic rings. The van der Waals surface area contributed by atoms with Crippen LogP contribution in [0.1, 0.15) is 94.2 Å². The number of halogens is 2. The molecule has 1 aromatic heterocycles. The van der Waals surface area contributed by atoms with Crippen molar-refractivity contribution in [2.45, 2.75) is 124 Å². The molecule has 0 radical (unpaired) electrons. The number of nitrogens with one attached hydrogen (secondary N) is 2. The van der Waals surface area contributed by atoms with E-state index in [0.717, 1.165) is 31.9 Å². The summed E-state index contributed by atoms with van der Waals surface area (Å²) in [5.74, 6) is -6.34. The summed E-state index contributed by atoms with van der Waals surface area (Å²) in [5.41, 5.74) is -1.82. The number of alkyl carbamates (subject to hydrolysis) is 1. The molecule has 1 amide bonds. The minimum atomic E-state index is -3.90. The Labute approximate surface area is 263 Å². The lowest BCUT2D eigenvalue weighted by Crippen LogP contribution is -2.48. The highest BCUT2D eigenvalue weighted by molar-refractivity contribution is 5.81. The number of carbonyl (C=O) groups excluding carboxylic acids is 3. The van der Waals surface area contributed by atoms with Crippen molar-refractivity contribution in [1.82, 2.24) is 14.9 Å². The SMILES string of the molecule is CCCC(CCC)CNc1ccn([C@@H]2O[C@H](COC(=O)[C@H](NC(=O)OC(C)(C)C)C(C)C)[C@@H](OC(=O)C(C)C)C2(F)F)c(=O)n1. The van der Waals surface area contributed by atoms with Crippen molar-refractivity contribution in [2.75, 3.05) is 18.5 Å². The molecule has 0 spiro atoms. The van der Waals surface area contributed by atoms with Crippen LogP contribution in [0.5, 0.6) is 0 Å². The van der Waals surface area contributed by atoms with Crippen molar-refractivity contribution < 1.29 is 42.1 Å². The molecular weight excluding hydrogens is 594 g/mol. The zero-order valence-electron chi connectivity index (χ0n) is 27.9. The van der Waals surface area contributed by atoms with Gasteiger partial charge in [-0.25, -0.2) is 14.4 Å². The van der Waals surface area contributed by atoms with Crippen LogP contribution in [0.25, 0.3) is 0 Å². The molecule has 0 aliphatic carbocycles. The Bertz CT molecular complexity index is 1190. The van der Waals surface area contributed by atoms with Crippen molar-refractivity contribution >= 4 is 23.8 Å². The van der Waals surface area contributed by atoms with Gasteiger partial charge in [0, 0.05) is 12.7 Å². The number of ether oxygens (including phenoxy) is 4. The van der Waals surface area contributed by atoms with Crippen LogP contribution in [0, 0.1) is 17.8 Å². The summed E-state index contributed by atoms with van der Waals surface area (Å²) in [6, 6.07) is 0.226. The fraction of sp³-hybridized carbons (Fsp3) is 0.774. The topological polar surface area (TPSA) is 147 Å². The average Bonchev–Trinajstić information content (AvgIpc) is 3.17. The molecule has 1 aliphatic heterocycles. The van der Waals surface area contributed by atoms with E-state index in [9.17, 15) is 19.2 Å². The zero-order chi connectivity index (χ0) is 34.1. The first-order valence-corrected chi connectivity index (χ1v) is 15.6. The van der Waals surface area contributed by atoms with Crippen LogP contribution in [0.4, 0.5) is 19.4 Å². The summed E-state index contributed by atoms with van der Waals surface area (Å²) in [6.45, 7) is 15.2. The maximum absolute atomic E-state index is 15.9. The molecule has 2 rings (SSSR count). The molecule has 2 N–H and O–H groups in total. The fourth-order valence-corrected chi connectivity index (χ4v) is 4.80. The largest absolute Gasteiger partial charge is 0.461 e. The van der Waals surface area contributed by atoms with Crippen molar-refractivity contribution in [3.8, 4) is 0 Å². The van der Waals surface area contributed by atoms with Crippen molar-refractivity contribution in [2.24, 2.45) is 17.8 Å². The quantitative estimate of drug-likeness (QED) is 0.196. The summed E-state index contributed by atoms with van der Waals surface area (Å²) < 4.78 is 53.6. The lowest BCUT2D eigenvalue weighted by Gasteiger charge is -2.26. The molecule has 45 heavy (non-hydrogen) atoms. The molecule has 12 nitrogen and oxygen atoms in total. The molecular formula is C31H50F2N4O8. The average molecular weight is 645 g/mol. The first-order chi connectivity index (χ1) is 20.9. The lowest BCUT2D eigenvalue weighted by molar-refractivity contribution is -0.180. The Balaban J connectivity index is 2.27. The molecule has 14 heteroatoms. The van der Waals surface area contributed by atoms with Crippen molar-refractivity contribution in [1.29, 1.82) is 0 Å². The summed E-state index contributed by atoms with van der Waals surface area (Å²) in [6.07, 6.45) is -1.74. The normalized spacial score (nSPS) is 20.3. The van der Waals surface area contributed by atoms with E-state index in [1.54, 1.807) is 34.6 Å². The fourth-order valence-electron chi connectivity index (χ4n) is 4.80. The number of alkyl halides is 2. The number of amides is 1. The maximum Gasteiger partial charge on any atom is 0.408 e. The number of hydrogen-bond acceptors (Lipinski definition) is 10. The van der Waals surface area contributed by atoms with Crippen LogP contribution in [0.3, 0.4) is 0 Å². The van der Waals surface area contributed by atoms with Gasteiger partial charge in [0.1, 0.15) is 30.2 Å². The van der Waals surface area contributed by atoms with Gasteiger partial charge in [0.05, 0.1) is 5.92 Å². The highest BCUT2D eigenvalue weighted by Gasteiger charge is 2.63. The minimum Gasteiger partial charge on any atom is -0.461 e. The number of rotatable bonds is 15. The third-order valence-corrected chi connectivity index (χ3v) is 7.10. The van der Waals surface area contributed by atoms with E-state index in [4.69, 9.17) is 18.9 Å². The first kappa shape index (κ1) is 37.9. The number of hydrogen-bond donors (Lipinski definition) is 2. The van der Waals surface area contributed by atoms with Crippen LogP contribution in [0.15, 0.2) is 17.1 Å². The van der Waals surface area contributed by atoms with Gasteiger partial charge >= 0.3 is 29.6 Å². The second kappa shape index (κ2) is 16.3. The minimum absolute atomic E-state index is 0.236. The molecule has 1 fully saturated rings. The molecule has 256 valence electrons. The third kappa shape index (κ3) is 10.9. The smallest absolute Gasteiger partial charge is 0.408 e. The predicted octanol–water partition coefficient (Wildman–Crippen LogP) is 5.06. The zero-order valence-corrected chi connectivity index (χ0v) is 27.9. The Morgan fingerprint density at radius 2 is 1.71 bits per heavy atom. The summed E-state index contributed by atoms with van der Waals surface area (Å²) in [7, 11) is 0. The van der Waals surface area contributed by atoms with Gasteiger partial charge in [-0.1, -0.05) is 54.4 Å². The molecule has 2 heterocycles.